The van der Waals surface area contributed by atoms with E-state index >= 15 is 0 Å². The van der Waals surface area contributed by atoms with Crippen LogP contribution in [0.5, 0.6) is 0 Å². The number of fused-ring (bicyclic) bond motifs is 1. The molecule has 4 rings (SSSR count). The highest BCUT2D eigenvalue weighted by Gasteiger charge is 2.34. The maximum Gasteiger partial charge on any atom is 0.436 e. The van der Waals surface area contributed by atoms with Crippen molar-refractivity contribution in [2.24, 2.45) is 0 Å². The van der Waals surface area contributed by atoms with E-state index in [2.05, 4.69) is 35.6 Å². The van der Waals surface area contributed by atoms with Crippen molar-refractivity contribution < 1.29 is 22.8 Å². The van der Waals surface area contributed by atoms with Crippen LogP contribution in [0.4, 0.5) is 24.9 Å². The van der Waals surface area contributed by atoms with E-state index in [0.717, 1.165) is 10.2 Å². The van der Waals surface area contributed by atoms with Crippen molar-refractivity contribution >= 4 is 34.5 Å². The fraction of sp³-hybridized carbons (Fsp3) is 0.286. The van der Waals surface area contributed by atoms with Gasteiger partial charge in [0.15, 0.2) is 5.69 Å². The summed E-state index contributed by atoms with van der Waals surface area (Å²) in [6, 6.07) is 2.83. The number of amides is 1. The van der Waals surface area contributed by atoms with Crippen LogP contribution in [0, 0.1) is 0 Å². The van der Waals surface area contributed by atoms with Gasteiger partial charge in [0.25, 0.3) is 0 Å². The quantitative estimate of drug-likeness (QED) is 0.363. The maximum atomic E-state index is 13.3. The number of rotatable bonds is 5. The lowest BCUT2D eigenvalue weighted by Crippen LogP contribution is -2.20. The molecule has 0 saturated carbocycles. The van der Waals surface area contributed by atoms with E-state index in [1.807, 2.05) is 20.8 Å². The molecule has 0 saturated heterocycles. The van der Waals surface area contributed by atoms with Crippen molar-refractivity contribution in [3.05, 3.63) is 53.2 Å². The molecular weight excluding hydrogens is 467 g/mol. The zero-order chi connectivity index (χ0) is 25.5. The highest BCUT2D eigenvalue weighted by atomic mass is 19.4. The Labute approximate surface area is 196 Å². The maximum absolute atomic E-state index is 13.3. The Morgan fingerprint density at radius 1 is 1.17 bits per heavy atom. The molecule has 0 bridgehead atoms. The van der Waals surface area contributed by atoms with Gasteiger partial charge >= 0.3 is 6.18 Å². The Morgan fingerprint density at radius 3 is 2.51 bits per heavy atom. The molecule has 0 aliphatic carbocycles. The number of aromatic amines is 1. The average Bonchev–Trinajstić information content (AvgIpc) is 3.40. The highest BCUT2D eigenvalue weighted by Crippen LogP contribution is 2.32. The molecule has 1 amide bonds. The number of carbonyl (C=O) groups is 2. The summed E-state index contributed by atoms with van der Waals surface area (Å²) in [5, 5.41) is 9.25. The van der Waals surface area contributed by atoms with Crippen LogP contribution in [0.3, 0.4) is 0 Å². The lowest BCUT2D eigenvalue weighted by molar-refractivity contribution is -0.141. The molecule has 35 heavy (non-hydrogen) atoms. The number of nitrogen functional groups attached to an aromatic ring is 1. The fourth-order valence-corrected chi connectivity index (χ4v) is 3.38. The SMILES string of the molecule is CC(C)(C)c1c[nH]c2nc(N)nc(C(=O)c3ccc(NC(=O)Cn4cc(C(F)(F)F)nn4)nc3)c12. The molecule has 0 aromatic carbocycles. The Morgan fingerprint density at radius 2 is 1.91 bits per heavy atom. The van der Waals surface area contributed by atoms with Gasteiger partial charge in [0.05, 0.1) is 11.6 Å². The number of hydrogen-bond acceptors (Lipinski definition) is 8. The van der Waals surface area contributed by atoms with Crippen LogP contribution in [0.1, 0.15) is 48.1 Å². The number of halogens is 3. The van der Waals surface area contributed by atoms with Crippen molar-refractivity contribution in [2.45, 2.75) is 38.9 Å². The van der Waals surface area contributed by atoms with E-state index in [-0.39, 0.29) is 28.4 Å². The van der Waals surface area contributed by atoms with Gasteiger partial charge in [-0.25, -0.2) is 14.6 Å². The number of nitrogens with one attached hydrogen (secondary N) is 2. The van der Waals surface area contributed by atoms with Crippen LogP contribution in [0.25, 0.3) is 11.0 Å². The monoisotopic (exact) mass is 487 g/mol. The predicted molar refractivity (Wildman–Crippen MR) is 118 cm³/mol. The summed E-state index contributed by atoms with van der Waals surface area (Å²) in [5.41, 5.74) is 5.87. The molecule has 4 N–H and O–H groups in total. The smallest absolute Gasteiger partial charge is 0.368 e. The number of anilines is 2. The Balaban J connectivity index is 1.53. The van der Waals surface area contributed by atoms with Crippen LogP contribution in [-0.2, 0) is 22.9 Å². The first-order valence-electron chi connectivity index (χ1n) is 10.3. The zero-order valence-corrected chi connectivity index (χ0v) is 18.8. The number of nitrogens with two attached hydrogens (primary N) is 1. The number of nitrogens with zero attached hydrogens (tertiary/aromatic N) is 6. The number of carbonyl (C=O) groups excluding carboxylic acids is 2. The second-order valence-electron chi connectivity index (χ2n) is 8.71. The second-order valence-corrected chi connectivity index (χ2v) is 8.71. The summed E-state index contributed by atoms with van der Waals surface area (Å²) in [6.45, 7) is 5.46. The Bertz CT molecular complexity index is 1420. The molecule has 0 spiro atoms. The lowest BCUT2D eigenvalue weighted by Gasteiger charge is -2.18. The molecule has 182 valence electrons. The number of H-pyrrole nitrogens is 1. The Kier molecular flexibility index (Phi) is 5.74. The van der Waals surface area contributed by atoms with Crippen molar-refractivity contribution in [3.8, 4) is 0 Å². The summed E-state index contributed by atoms with van der Waals surface area (Å²) < 4.78 is 38.6. The van der Waals surface area contributed by atoms with E-state index in [4.69, 9.17) is 5.73 Å². The Hall–Kier alpha value is -4.36. The molecule has 0 fully saturated rings. The minimum Gasteiger partial charge on any atom is -0.368 e. The van der Waals surface area contributed by atoms with E-state index in [1.165, 1.54) is 18.3 Å². The third-order valence-electron chi connectivity index (χ3n) is 5.00. The summed E-state index contributed by atoms with van der Waals surface area (Å²) in [6.07, 6.45) is -1.02. The van der Waals surface area contributed by atoms with Gasteiger partial charge in [-0.1, -0.05) is 26.0 Å². The lowest BCUT2D eigenvalue weighted by atomic mass is 9.86. The van der Waals surface area contributed by atoms with Crippen molar-refractivity contribution in [1.82, 2.24) is 34.9 Å². The van der Waals surface area contributed by atoms with Gasteiger partial charge in [0.1, 0.15) is 23.7 Å². The van der Waals surface area contributed by atoms with Crippen LogP contribution >= 0.6 is 0 Å². The minimum atomic E-state index is -4.66. The third-order valence-corrected chi connectivity index (χ3v) is 5.00. The molecular formula is C21H20F3N9O2. The van der Waals surface area contributed by atoms with Gasteiger partial charge < -0.3 is 16.0 Å². The van der Waals surface area contributed by atoms with Gasteiger partial charge in [0.2, 0.25) is 17.6 Å². The van der Waals surface area contributed by atoms with E-state index < -0.39 is 30.1 Å². The third kappa shape index (κ3) is 4.95. The summed E-state index contributed by atoms with van der Waals surface area (Å²) in [5.74, 6) is -1.10. The van der Waals surface area contributed by atoms with Gasteiger partial charge in [-0.2, -0.15) is 18.2 Å². The van der Waals surface area contributed by atoms with Gasteiger partial charge in [0, 0.05) is 18.0 Å². The van der Waals surface area contributed by atoms with E-state index in [0.29, 0.717) is 17.2 Å². The van der Waals surface area contributed by atoms with Crippen LogP contribution in [0.2, 0.25) is 0 Å². The fourth-order valence-electron chi connectivity index (χ4n) is 3.38. The standard InChI is InChI=1S/C21H20F3N9O2/c1-20(2,3)11-7-27-18-15(11)16(29-19(25)30-18)17(35)10-4-5-13(26-6-10)28-14(34)9-33-8-12(31-32-33)21(22,23)24/h4-8H,9H2,1-3H3,(H,26,28,34)(H3,25,27,29,30). The zero-order valence-electron chi connectivity index (χ0n) is 18.8. The molecule has 4 aromatic rings. The molecule has 14 heteroatoms. The summed E-state index contributed by atoms with van der Waals surface area (Å²) >= 11 is 0. The molecule has 0 atom stereocenters. The first-order valence-corrected chi connectivity index (χ1v) is 10.3. The molecule has 11 nitrogen and oxygen atoms in total. The molecule has 4 aromatic heterocycles. The highest BCUT2D eigenvalue weighted by molar-refractivity contribution is 6.15. The minimum absolute atomic E-state index is 0.0678. The van der Waals surface area contributed by atoms with Crippen molar-refractivity contribution in [2.75, 3.05) is 11.1 Å². The van der Waals surface area contributed by atoms with E-state index in [9.17, 15) is 22.8 Å². The topological polar surface area (TPSA) is 157 Å². The van der Waals surface area contributed by atoms with Gasteiger partial charge in [-0.15, -0.1) is 5.10 Å². The largest absolute Gasteiger partial charge is 0.436 e. The van der Waals surface area contributed by atoms with Crippen LogP contribution in [0.15, 0.2) is 30.7 Å². The van der Waals surface area contributed by atoms with Gasteiger partial charge in [-0.3, -0.25) is 9.59 Å². The number of hydrogen-bond donors (Lipinski definition) is 3. The first-order chi connectivity index (χ1) is 16.3. The molecule has 0 unspecified atom stereocenters. The number of ketones is 1. The average molecular weight is 487 g/mol. The number of aromatic nitrogens is 7. The summed E-state index contributed by atoms with van der Waals surface area (Å²) in [7, 11) is 0. The second kappa shape index (κ2) is 8.45. The molecule has 4 heterocycles. The number of pyridine rings is 1. The molecule has 0 aliphatic heterocycles. The molecule has 0 radical (unpaired) electrons. The van der Waals surface area contributed by atoms with E-state index in [1.54, 1.807) is 6.20 Å². The summed E-state index contributed by atoms with van der Waals surface area (Å²) in [4.78, 5) is 40.8. The first kappa shape index (κ1) is 23.8. The van der Waals surface area contributed by atoms with Crippen LogP contribution < -0.4 is 11.1 Å². The normalized spacial score (nSPS) is 12.2. The number of alkyl halides is 3. The van der Waals surface area contributed by atoms with Crippen molar-refractivity contribution in [3.63, 3.8) is 0 Å². The molecule has 0 aliphatic rings. The van der Waals surface area contributed by atoms with Crippen LogP contribution in [-0.4, -0.2) is 46.6 Å². The van der Waals surface area contributed by atoms with Gasteiger partial charge in [-0.05, 0) is 23.1 Å². The van der Waals surface area contributed by atoms with Crippen molar-refractivity contribution in [1.29, 1.82) is 0 Å². The predicted octanol–water partition coefficient (Wildman–Crippen LogP) is 2.71.